The van der Waals surface area contributed by atoms with Crippen molar-refractivity contribution in [3.05, 3.63) is 0 Å². The molecule has 0 spiro atoms. The molecule has 0 aromatic heterocycles. The Kier molecular flexibility index (Phi) is 4.74. The fraction of sp³-hybridized carbons (Fsp3) is 1.00. The van der Waals surface area contributed by atoms with Gasteiger partial charge in [0.1, 0.15) is 0 Å². The Morgan fingerprint density at radius 2 is 1.79 bits per heavy atom. The van der Waals surface area contributed by atoms with Gasteiger partial charge >= 0.3 is 0 Å². The molecule has 2 saturated heterocycles. The Hall–Kier alpha value is -0.160. The smallest absolute Gasteiger partial charge is 0.0259 e. The highest BCUT2D eigenvalue weighted by Gasteiger charge is 2.35. The summed E-state index contributed by atoms with van der Waals surface area (Å²) in [6, 6.07) is 1.50. The third-order valence-electron chi connectivity index (χ3n) is 5.29. The van der Waals surface area contributed by atoms with Gasteiger partial charge < -0.3 is 10.2 Å². The van der Waals surface area contributed by atoms with Crippen LogP contribution in [0.5, 0.6) is 0 Å². The van der Waals surface area contributed by atoms with Gasteiger partial charge in [0.2, 0.25) is 0 Å². The van der Waals surface area contributed by atoms with E-state index in [-0.39, 0.29) is 0 Å². The first-order chi connectivity index (χ1) is 9.33. The SMILES string of the molecule is CN1CCN(NC2CCCC2C2CCCCN2)CC1. The Morgan fingerprint density at radius 1 is 0.947 bits per heavy atom. The van der Waals surface area contributed by atoms with Crippen LogP contribution in [-0.2, 0) is 0 Å². The van der Waals surface area contributed by atoms with Crippen molar-refractivity contribution in [2.24, 2.45) is 5.92 Å². The summed E-state index contributed by atoms with van der Waals surface area (Å²) in [6.07, 6.45) is 8.40. The Morgan fingerprint density at radius 3 is 2.53 bits per heavy atom. The summed E-state index contributed by atoms with van der Waals surface area (Å²) < 4.78 is 0. The van der Waals surface area contributed by atoms with E-state index in [2.05, 4.69) is 27.7 Å². The van der Waals surface area contributed by atoms with Gasteiger partial charge in [0.25, 0.3) is 0 Å². The molecule has 4 heteroatoms. The minimum atomic E-state index is 0.721. The first-order valence-electron chi connectivity index (χ1n) is 8.26. The molecule has 3 aliphatic rings. The van der Waals surface area contributed by atoms with Gasteiger partial charge in [-0.3, -0.25) is 5.43 Å². The average Bonchev–Trinajstić information content (AvgIpc) is 2.90. The number of rotatable bonds is 3. The van der Waals surface area contributed by atoms with Crippen LogP contribution in [0, 0.1) is 5.92 Å². The predicted molar refractivity (Wildman–Crippen MR) is 79.0 cm³/mol. The standard InChI is InChI=1S/C15H30N4/c1-18-9-11-19(12-10-18)17-15-7-4-5-13(15)14-6-2-3-8-16-14/h13-17H,2-12H2,1H3. The van der Waals surface area contributed by atoms with Gasteiger partial charge in [-0.05, 0) is 45.2 Å². The molecule has 0 radical (unpaired) electrons. The second-order valence-corrected chi connectivity index (χ2v) is 6.68. The Labute approximate surface area is 117 Å². The summed E-state index contributed by atoms with van der Waals surface area (Å²) in [7, 11) is 2.22. The molecule has 3 atom stereocenters. The third kappa shape index (κ3) is 3.48. The van der Waals surface area contributed by atoms with E-state index in [0.717, 1.165) is 18.0 Å². The highest BCUT2D eigenvalue weighted by Crippen LogP contribution is 2.31. The Balaban J connectivity index is 1.51. The lowest BCUT2D eigenvalue weighted by atomic mass is 9.88. The van der Waals surface area contributed by atoms with E-state index in [4.69, 9.17) is 0 Å². The van der Waals surface area contributed by atoms with Crippen molar-refractivity contribution in [3.8, 4) is 0 Å². The molecule has 3 rings (SSSR count). The molecule has 19 heavy (non-hydrogen) atoms. The number of hydrogen-bond acceptors (Lipinski definition) is 4. The van der Waals surface area contributed by atoms with Gasteiger partial charge in [-0.25, -0.2) is 5.01 Å². The number of nitrogens with one attached hydrogen (secondary N) is 2. The van der Waals surface area contributed by atoms with Crippen LogP contribution in [0.3, 0.4) is 0 Å². The van der Waals surface area contributed by atoms with Crippen LogP contribution in [0.4, 0.5) is 0 Å². The summed E-state index contributed by atoms with van der Waals surface area (Å²) in [5.74, 6) is 0.861. The van der Waals surface area contributed by atoms with Crippen molar-refractivity contribution in [1.29, 1.82) is 0 Å². The zero-order valence-corrected chi connectivity index (χ0v) is 12.4. The lowest BCUT2D eigenvalue weighted by Gasteiger charge is -2.38. The molecular formula is C15H30N4. The van der Waals surface area contributed by atoms with Gasteiger partial charge in [0.15, 0.2) is 0 Å². The van der Waals surface area contributed by atoms with E-state index < -0.39 is 0 Å². The molecule has 3 unspecified atom stereocenters. The normalized spacial score (nSPS) is 38.7. The predicted octanol–water partition coefficient (Wildman–Crippen LogP) is 1.05. The molecule has 4 nitrogen and oxygen atoms in total. The minimum absolute atomic E-state index is 0.721. The zero-order valence-electron chi connectivity index (χ0n) is 12.4. The van der Waals surface area contributed by atoms with Crippen molar-refractivity contribution >= 4 is 0 Å². The largest absolute Gasteiger partial charge is 0.314 e. The number of hydrazine groups is 1. The summed E-state index contributed by atoms with van der Waals surface area (Å²) in [4.78, 5) is 2.42. The lowest BCUT2D eigenvalue weighted by molar-refractivity contribution is 0.0717. The maximum atomic E-state index is 3.85. The third-order valence-corrected chi connectivity index (χ3v) is 5.29. The van der Waals surface area contributed by atoms with Gasteiger partial charge in [0.05, 0.1) is 0 Å². The summed E-state index contributed by atoms with van der Waals surface area (Å²) in [6.45, 7) is 6.00. The highest BCUT2D eigenvalue weighted by molar-refractivity contribution is 4.92. The second-order valence-electron chi connectivity index (χ2n) is 6.68. The van der Waals surface area contributed by atoms with E-state index >= 15 is 0 Å². The van der Waals surface area contributed by atoms with Gasteiger partial charge in [0, 0.05) is 38.3 Å². The van der Waals surface area contributed by atoms with Crippen molar-refractivity contribution in [2.75, 3.05) is 39.8 Å². The van der Waals surface area contributed by atoms with Crippen LogP contribution in [0.2, 0.25) is 0 Å². The number of piperidine rings is 1. The fourth-order valence-electron chi connectivity index (χ4n) is 4.04. The van der Waals surface area contributed by atoms with Crippen LogP contribution in [0.25, 0.3) is 0 Å². The minimum Gasteiger partial charge on any atom is -0.314 e. The first-order valence-corrected chi connectivity index (χ1v) is 8.26. The second kappa shape index (κ2) is 6.53. The van der Waals surface area contributed by atoms with Gasteiger partial charge in [-0.15, -0.1) is 0 Å². The van der Waals surface area contributed by atoms with Gasteiger partial charge in [-0.2, -0.15) is 0 Å². The summed E-state index contributed by atoms with van der Waals surface area (Å²) in [5, 5.41) is 6.25. The summed E-state index contributed by atoms with van der Waals surface area (Å²) in [5.41, 5.74) is 3.85. The number of hydrogen-bond donors (Lipinski definition) is 2. The van der Waals surface area contributed by atoms with E-state index in [0.29, 0.717) is 0 Å². The van der Waals surface area contributed by atoms with E-state index in [1.807, 2.05) is 0 Å². The lowest BCUT2D eigenvalue weighted by Crippen LogP contribution is -2.56. The molecule has 2 heterocycles. The van der Waals surface area contributed by atoms with Crippen LogP contribution in [0.1, 0.15) is 38.5 Å². The topological polar surface area (TPSA) is 30.5 Å². The average molecular weight is 266 g/mol. The van der Waals surface area contributed by atoms with Crippen molar-refractivity contribution in [3.63, 3.8) is 0 Å². The molecular weight excluding hydrogens is 236 g/mol. The monoisotopic (exact) mass is 266 g/mol. The van der Waals surface area contributed by atoms with Crippen molar-refractivity contribution in [1.82, 2.24) is 20.7 Å². The molecule has 0 amide bonds. The molecule has 110 valence electrons. The number of nitrogens with zero attached hydrogens (tertiary/aromatic N) is 2. The van der Waals surface area contributed by atoms with Gasteiger partial charge in [-0.1, -0.05) is 12.8 Å². The van der Waals surface area contributed by atoms with Crippen molar-refractivity contribution < 1.29 is 0 Å². The molecule has 0 aromatic carbocycles. The molecule has 0 bridgehead atoms. The molecule has 2 aliphatic heterocycles. The molecule has 2 N–H and O–H groups in total. The van der Waals surface area contributed by atoms with Crippen LogP contribution in [0.15, 0.2) is 0 Å². The van der Waals surface area contributed by atoms with Crippen LogP contribution < -0.4 is 10.7 Å². The Bertz CT molecular complexity index is 269. The zero-order chi connectivity index (χ0) is 13.1. The van der Waals surface area contributed by atoms with E-state index in [1.165, 1.54) is 71.2 Å². The maximum absolute atomic E-state index is 3.85. The highest BCUT2D eigenvalue weighted by atomic mass is 15.5. The quantitative estimate of drug-likeness (QED) is 0.799. The van der Waals surface area contributed by atoms with Crippen LogP contribution in [-0.4, -0.2) is 61.8 Å². The molecule has 0 aromatic rings. The molecule has 1 aliphatic carbocycles. The number of likely N-dealkylation sites (N-methyl/N-ethyl adjacent to an activating group) is 1. The maximum Gasteiger partial charge on any atom is 0.0259 e. The van der Waals surface area contributed by atoms with E-state index in [9.17, 15) is 0 Å². The summed E-state index contributed by atoms with van der Waals surface area (Å²) >= 11 is 0. The van der Waals surface area contributed by atoms with Crippen LogP contribution >= 0.6 is 0 Å². The first kappa shape index (κ1) is 13.8. The fourth-order valence-corrected chi connectivity index (χ4v) is 4.04. The van der Waals surface area contributed by atoms with E-state index in [1.54, 1.807) is 0 Å². The molecule has 3 fully saturated rings. The van der Waals surface area contributed by atoms with Crippen molar-refractivity contribution in [2.45, 2.75) is 50.6 Å². The molecule has 1 saturated carbocycles. The number of piperazine rings is 1.